The number of nitrogens with one attached hydrogen (secondary N) is 1. The number of aliphatic hydroxyl groups excluding tert-OH is 1. The van der Waals surface area contributed by atoms with Gasteiger partial charge in [-0.1, -0.05) is 13.3 Å². The van der Waals surface area contributed by atoms with Gasteiger partial charge in [-0.15, -0.1) is 0 Å². The molecule has 0 saturated carbocycles. The summed E-state index contributed by atoms with van der Waals surface area (Å²) in [4.78, 5) is 15.8. The Morgan fingerprint density at radius 2 is 2.40 bits per heavy atom. The average Bonchev–Trinajstić information content (AvgIpc) is 2.46. The van der Waals surface area contributed by atoms with Crippen LogP contribution in [0.3, 0.4) is 0 Å². The van der Waals surface area contributed by atoms with E-state index in [0.29, 0.717) is 18.9 Å². The lowest BCUT2D eigenvalue weighted by Crippen LogP contribution is -2.46. The molecule has 112 valence electrons. The van der Waals surface area contributed by atoms with Crippen molar-refractivity contribution in [2.75, 3.05) is 25.4 Å². The first-order valence-electron chi connectivity index (χ1n) is 7.00. The first-order valence-corrected chi connectivity index (χ1v) is 7.00. The highest BCUT2D eigenvalue weighted by Crippen LogP contribution is 2.16. The number of aryl methyl sites for hydroxylation is 1. The van der Waals surface area contributed by atoms with E-state index in [9.17, 15) is 4.79 Å². The summed E-state index contributed by atoms with van der Waals surface area (Å²) >= 11 is 0. The Labute approximate surface area is 117 Å². The van der Waals surface area contributed by atoms with Crippen LogP contribution < -0.4 is 16.7 Å². The zero-order chi connectivity index (χ0) is 14.5. The molecule has 2 heterocycles. The van der Waals surface area contributed by atoms with Crippen molar-refractivity contribution >= 4 is 5.82 Å². The third kappa shape index (κ3) is 3.36. The molecule has 2 rings (SSSR count). The summed E-state index contributed by atoms with van der Waals surface area (Å²) < 4.78 is 7.13. The Bertz CT molecular complexity index is 503. The minimum Gasteiger partial charge on any atom is -0.394 e. The van der Waals surface area contributed by atoms with Crippen molar-refractivity contribution in [1.82, 2.24) is 14.9 Å². The van der Waals surface area contributed by atoms with Crippen LogP contribution in [0.5, 0.6) is 0 Å². The van der Waals surface area contributed by atoms with Crippen molar-refractivity contribution in [3.63, 3.8) is 0 Å². The van der Waals surface area contributed by atoms with E-state index in [1.165, 1.54) is 4.57 Å². The molecule has 0 spiro atoms. The Hall–Kier alpha value is -1.44. The number of aliphatic hydroxyl groups is 1. The van der Waals surface area contributed by atoms with E-state index >= 15 is 0 Å². The molecule has 0 amide bonds. The number of unbranched alkanes of at least 4 members (excludes halogenated alkanes) is 1. The summed E-state index contributed by atoms with van der Waals surface area (Å²) in [7, 11) is 0. The highest BCUT2D eigenvalue weighted by molar-refractivity contribution is 5.36. The van der Waals surface area contributed by atoms with Gasteiger partial charge in [-0.2, -0.15) is 4.98 Å². The fourth-order valence-electron chi connectivity index (χ4n) is 2.25. The highest BCUT2D eigenvalue weighted by Gasteiger charge is 2.24. The lowest BCUT2D eigenvalue weighted by molar-refractivity contribution is -0.0967. The fourth-order valence-corrected chi connectivity index (χ4v) is 2.25. The van der Waals surface area contributed by atoms with E-state index in [2.05, 4.69) is 17.2 Å². The van der Waals surface area contributed by atoms with Gasteiger partial charge in [0.15, 0.2) is 6.23 Å². The van der Waals surface area contributed by atoms with Gasteiger partial charge in [0.1, 0.15) is 5.82 Å². The maximum absolute atomic E-state index is 12.0. The smallest absolute Gasteiger partial charge is 0.351 e. The van der Waals surface area contributed by atoms with Crippen LogP contribution in [0.1, 0.15) is 31.6 Å². The van der Waals surface area contributed by atoms with Crippen molar-refractivity contribution in [2.45, 2.75) is 38.5 Å². The van der Waals surface area contributed by atoms with Gasteiger partial charge in [-0.25, -0.2) is 4.79 Å². The standard InChI is InChI=1S/C13H22N4O3/c1-2-3-4-9-7-17(13(19)16-12(9)14)11-6-15-5-10(8-18)20-11/h7,10-11,15,18H,2-6,8H2,1H3,(H2,14,16,19). The number of nitrogens with two attached hydrogens (primary N) is 1. The summed E-state index contributed by atoms with van der Waals surface area (Å²) in [5, 5.41) is 12.3. The van der Waals surface area contributed by atoms with Crippen LogP contribution in [0.4, 0.5) is 5.82 Å². The number of nitrogen functional groups attached to an aromatic ring is 1. The predicted molar refractivity (Wildman–Crippen MR) is 75.4 cm³/mol. The minimum atomic E-state index is -0.457. The summed E-state index contributed by atoms with van der Waals surface area (Å²) in [6.07, 6.45) is 3.80. The second-order valence-corrected chi connectivity index (χ2v) is 5.00. The van der Waals surface area contributed by atoms with Crippen molar-refractivity contribution in [1.29, 1.82) is 0 Å². The largest absolute Gasteiger partial charge is 0.394 e. The molecule has 2 unspecified atom stereocenters. The van der Waals surface area contributed by atoms with E-state index < -0.39 is 11.9 Å². The zero-order valence-electron chi connectivity index (χ0n) is 11.7. The van der Waals surface area contributed by atoms with Crippen molar-refractivity contribution in [2.24, 2.45) is 0 Å². The molecule has 1 aliphatic rings. The van der Waals surface area contributed by atoms with Crippen LogP contribution >= 0.6 is 0 Å². The number of morpholine rings is 1. The van der Waals surface area contributed by atoms with Crippen LogP contribution in [0, 0.1) is 0 Å². The molecule has 1 aliphatic heterocycles. The summed E-state index contributed by atoms with van der Waals surface area (Å²) in [6.45, 7) is 3.10. The van der Waals surface area contributed by atoms with E-state index in [0.717, 1.165) is 24.8 Å². The molecule has 1 fully saturated rings. The molecule has 1 aromatic heterocycles. The van der Waals surface area contributed by atoms with Gasteiger partial charge < -0.3 is 20.9 Å². The average molecular weight is 282 g/mol. The van der Waals surface area contributed by atoms with E-state index in [1.807, 2.05) is 0 Å². The molecular formula is C13H22N4O3. The van der Waals surface area contributed by atoms with Crippen LogP contribution in [0.25, 0.3) is 0 Å². The Morgan fingerprint density at radius 3 is 3.10 bits per heavy atom. The molecule has 1 aromatic rings. The number of anilines is 1. The normalized spacial score (nSPS) is 22.9. The van der Waals surface area contributed by atoms with Crippen molar-refractivity contribution in [3.8, 4) is 0 Å². The molecule has 2 atom stereocenters. The Kier molecular flexibility index (Phi) is 5.11. The van der Waals surface area contributed by atoms with Crippen LogP contribution in [-0.4, -0.2) is 40.5 Å². The maximum Gasteiger partial charge on any atom is 0.351 e. The molecule has 20 heavy (non-hydrogen) atoms. The molecule has 7 nitrogen and oxygen atoms in total. The number of rotatable bonds is 5. The maximum atomic E-state index is 12.0. The van der Waals surface area contributed by atoms with E-state index in [1.54, 1.807) is 6.20 Å². The Morgan fingerprint density at radius 1 is 1.60 bits per heavy atom. The molecule has 1 saturated heterocycles. The Balaban J connectivity index is 2.23. The second kappa shape index (κ2) is 6.83. The summed E-state index contributed by atoms with van der Waals surface area (Å²) in [5.41, 5.74) is 6.23. The fraction of sp³-hybridized carbons (Fsp3) is 0.692. The van der Waals surface area contributed by atoms with Gasteiger partial charge in [-0.05, 0) is 12.8 Å². The van der Waals surface area contributed by atoms with Crippen LogP contribution in [0.2, 0.25) is 0 Å². The molecule has 0 radical (unpaired) electrons. The summed E-state index contributed by atoms with van der Waals surface area (Å²) in [5.74, 6) is 0.294. The number of ether oxygens (including phenoxy) is 1. The monoisotopic (exact) mass is 282 g/mol. The van der Waals surface area contributed by atoms with Gasteiger partial charge in [0.05, 0.1) is 12.7 Å². The minimum absolute atomic E-state index is 0.0800. The van der Waals surface area contributed by atoms with Gasteiger partial charge in [-0.3, -0.25) is 4.57 Å². The van der Waals surface area contributed by atoms with Gasteiger partial charge in [0.25, 0.3) is 0 Å². The number of hydrogen-bond acceptors (Lipinski definition) is 6. The van der Waals surface area contributed by atoms with Crippen LogP contribution in [0.15, 0.2) is 11.0 Å². The molecular weight excluding hydrogens is 260 g/mol. The predicted octanol–water partition coefficient (Wildman–Crippen LogP) is -0.353. The van der Waals surface area contributed by atoms with E-state index in [-0.39, 0.29) is 12.7 Å². The lowest BCUT2D eigenvalue weighted by atomic mass is 10.1. The SMILES string of the molecule is CCCCc1cn(C2CNCC(CO)O2)c(=O)nc1N. The van der Waals surface area contributed by atoms with Crippen LogP contribution in [-0.2, 0) is 11.2 Å². The molecule has 4 N–H and O–H groups in total. The molecule has 7 heteroatoms. The number of hydrogen-bond donors (Lipinski definition) is 3. The van der Waals surface area contributed by atoms with E-state index in [4.69, 9.17) is 15.6 Å². The zero-order valence-corrected chi connectivity index (χ0v) is 11.7. The first kappa shape index (κ1) is 15.0. The molecule has 0 bridgehead atoms. The molecule has 0 aromatic carbocycles. The number of aromatic nitrogens is 2. The lowest BCUT2D eigenvalue weighted by Gasteiger charge is -2.30. The summed E-state index contributed by atoms with van der Waals surface area (Å²) in [6, 6.07) is 0. The quantitative estimate of drug-likeness (QED) is 0.682. The van der Waals surface area contributed by atoms with Crippen molar-refractivity contribution < 1.29 is 9.84 Å². The van der Waals surface area contributed by atoms with Gasteiger partial charge >= 0.3 is 5.69 Å². The third-order valence-corrected chi connectivity index (χ3v) is 3.41. The first-order chi connectivity index (χ1) is 9.65. The second-order valence-electron chi connectivity index (χ2n) is 5.00. The van der Waals surface area contributed by atoms with Crippen molar-refractivity contribution in [3.05, 3.63) is 22.2 Å². The van der Waals surface area contributed by atoms with Gasteiger partial charge in [0.2, 0.25) is 0 Å². The van der Waals surface area contributed by atoms with Gasteiger partial charge in [0, 0.05) is 24.8 Å². The third-order valence-electron chi connectivity index (χ3n) is 3.41. The highest BCUT2D eigenvalue weighted by atomic mass is 16.5. The topological polar surface area (TPSA) is 102 Å². The molecule has 0 aliphatic carbocycles. The number of nitrogens with zero attached hydrogens (tertiary/aromatic N) is 2.